The zero-order chi connectivity index (χ0) is 13.4. The molecule has 0 aliphatic carbocycles. The van der Waals surface area contributed by atoms with Gasteiger partial charge >= 0.3 is 0 Å². The van der Waals surface area contributed by atoms with E-state index in [0.29, 0.717) is 11.1 Å². The van der Waals surface area contributed by atoms with E-state index in [0.717, 1.165) is 0 Å². The van der Waals surface area contributed by atoms with Crippen LogP contribution in [0.5, 0.6) is 0 Å². The number of ketones is 2. The largest absolute Gasteiger partial charge is 0.294 e. The number of nitrogens with zero attached hydrogens (tertiary/aromatic N) is 2. The van der Waals surface area contributed by atoms with Crippen LogP contribution in [-0.4, -0.2) is 11.6 Å². The van der Waals surface area contributed by atoms with Crippen LogP contribution in [0.1, 0.15) is 46.4 Å². The maximum atomic E-state index is 11.6. The fourth-order valence-electron chi connectivity index (χ4n) is 1.47. The minimum absolute atomic E-state index is 0.104. The molecular weight excluding hydrogens is 228 g/mol. The topological polar surface area (TPSA) is 81.7 Å². The molecule has 0 unspecified atom stereocenters. The van der Waals surface area contributed by atoms with Crippen LogP contribution in [0.2, 0.25) is 0 Å². The molecule has 4 heteroatoms. The molecule has 0 atom stereocenters. The normalized spacial score (nSPS) is 9.22. The van der Waals surface area contributed by atoms with Crippen LogP contribution in [0.4, 0.5) is 0 Å². The maximum absolute atomic E-state index is 11.6. The van der Waals surface area contributed by atoms with Crippen molar-refractivity contribution in [2.75, 3.05) is 0 Å². The van der Waals surface area contributed by atoms with E-state index in [4.69, 9.17) is 10.5 Å². The van der Waals surface area contributed by atoms with Gasteiger partial charge in [-0.15, -0.1) is 0 Å². The van der Waals surface area contributed by atoms with Crippen molar-refractivity contribution in [3.05, 3.63) is 35.4 Å². The second kappa shape index (κ2) is 6.98. The first-order chi connectivity index (χ1) is 8.69. The monoisotopic (exact) mass is 240 g/mol. The van der Waals surface area contributed by atoms with E-state index < -0.39 is 0 Å². The van der Waals surface area contributed by atoms with Crippen molar-refractivity contribution in [2.24, 2.45) is 0 Å². The fourth-order valence-corrected chi connectivity index (χ4v) is 1.47. The van der Waals surface area contributed by atoms with Crippen molar-refractivity contribution >= 4 is 11.6 Å². The summed E-state index contributed by atoms with van der Waals surface area (Å²) in [5.41, 5.74) is 1.00. The Bertz CT molecular complexity index is 469. The van der Waals surface area contributed by atoms with Gasteiger partial charge in [-0.1, -0.05) is 24.3 Å². The molecule has 0 saturated heterocycles. The van der Waals surface area contributed by atoms with Gasteiger partial charge in [-0.2, -0.15) is 10.5 Å². The molecule has 0 heterocycles. The van der Waals surface area contributed by atoms with Crippen molar-refractivity contribution in [3.63, 3.8) is 0 Å². The molecule has 0 fully saturated rings. The Morgan fingerprint density at radius 2 is 1.17 bits per heavy atom. The Hall–Kier alpha value is -2.46. The molecule has 18 heavy (non-hydrogen) atoms. The molecule has 1 aromatic carbocycles. The molecule has 1 rings (SSSR count). The number of hydrogen-bond donors (Lipinski definition) is 0. The molecule has 0 radical (unpaired) electrons. The Kier molecular flexibility index (Phi) is 5.28. The molecule has 0 bridgehead atoms. The van der Waals surface area contributed by atoms with Gasteiger partial charge in [-0.25, -0.2) is 0 Å². The average molecular weight is 240 g/mol. The number of rotatable bonds is 6. The minimum atomic E-state index is -0.104. The minimum Gasteiger partial charge on any atom is -0.294 e. The first kappa shape index (κ1) is 13.6. The summed E-state index contributed by atoms with van der Waals surface area (Å²) in [6.45, 7) is 0. The van der Waals surface area contributed by atoms with Gasteiger partial charge in [0.05, 0.1) is 12.1 Å². The van der Waals surface area contributed by atoms with Crippen LogP contribution in [0.3, 0.4) is 0 Å². The Labute approximate surface area is 105 Å². The van der Waals surface area contributed by atoms with Gasteiger partial charge in [0, 0.05) is 36.8 Å². The average Bonchev–Trinajstić information content (AvgIpc) is 2.42. The van der Waals surface area contributed by atoms with Gasteiger partial charge in [0.25, 0.3) is 0 Å². The SMILES string of the molecule is N#CCCC(=O)c1ccc(C(=O)CCC#N)cc1. The highest BCUT2D eigenvalue weighted by Crippen LogP contribution is 2.10. The van der Waals surface area contributed by atoms with E-state index in [-0.39, 0.29) is 37.2 Å². The second-order valence-corrected chi connectivity index (χ2v) is 3.74. The molecule has 0 saturated carbocycles. The predicted octanol–water partition coefficient (Wildman–Crippen LogP) is 2.66. The van der Waals surface area contributed by atoms with Crippen LogP contribution < -0.4 is 0 Å². The van der Waals surface area contributed by atoms with Crippen molar-refractivity contribution in [1.82, 2.24) is 0 Å². The number of Topliss-reactive ketones (excluding diaryl/α,β-unsaturated/α-hetero) is 2. The molecule has 0 aromatic heterocycles. The third-order valence-electron chi connectivity index (χ3n) is 2.46. The van der Waals surface area contributed by atoms with Crippen LogP contribution in [-0.2, 0) is 0 Å². The number of carbonyl (C=O) groups is 2. The van der Waals surface area contributed by atoms with Crippen LogP contribution in [0.15, 0.2) is 24.3 Å². The third-order valence-corrected chi connectivity index (χ3v) is 2.46. The lowest BCUT2D eigenvalue weighted by Gasteiger charge is -2.01. The lowest BCUT2D eigenvalue weighted by Crippen LogP contribution is -2.01. The number of hydrogen-bond acceptors (Lipinski definition) is 4. The highest BCUT2D eigenvalue weighted by Gasteiger charge is 2.08. The van der Waals surface area contributed by atoms with Gasteiger partial charge in [-0.3, -0.25) is 9.59 Å². The third kappa shape index (κ3) is 3.84. The van der Waals surface area contributed by atoms with E-state index in [1.807, 2.05) is 12.1 Å². The van der Waals surface area contributed by atoms with Gasteiger partial charge in [0.2, 0.25) is 0 Å². The molecule has 0 spiro atoms. The molecule has 4 nitrogen and oxygen atoms in total. The first-order valence-electron chi connectivity index (χ1n) is 5.59. The molecule has 90 valence electrons. The van der Waals surface area contributed by atoms with Gasteiger partial charge in [-0.05, 0) is 0 Å². The summed E-state index contributed by atoms with van der Waals surface area (Å²) in [6, 6.07) is 10.2. The molecule has 0 N–H and O–H groups in total. The first-order valence-corrected chi connectivity index (χ1v) is 5.59. The van der Waals surface area contributed by atoms with Gasteiger partial charge in [0.1, 0.15) is 0 Å². The summed E-state index contributed by atoms with van der Waals surface area (Å²) in [7, 11) is 0. The Balaban J connectivity index is 2.69. The van der Waals surface area contributed by atoms with Crippen LogP contribution >= 0.6 is 0 Å². The summed E-state index contributed by atoms with van der Waals surface area (Å²) in [5, 5.41) is 16.8. The van der Waals surface area contributed by atoms with Crippen LogP contribution in [0, 0.1) is 22.7 Å². The summed E-state index contributed by atoms with van der Waals surface area (Å²) < 4.78 is 0. The van der Waals surface area contributed by atoms with Gasteiger partial charge in [0.15, 0.2) is 11.6 Å². The molecule has 1 aromatic rings. The quantitative estimate of drug-likeness (QED) is 0.716. The van der Waals surface area contributed by atoms with Crippen molar-refractivity contribution in [1.29, 1.82) is 10.5 Å². The van der Waals surface area contributed by atoms with E-state index in [9.17, 15) is 9.59 Å². The predicted molar refractivity (Wildman–Crippen MR) is 64.8 cm³/mol. The lowest BCUT2D eigenvalue weighted by atomic mass is 10.0. The van der Waals surface area contributed by atoms with Crippen LogP contribution in [0.25, 0.3) is 0 Å². The molecule has 0 aliphatic heterocycles. The highest BCUT2D eigenvalue weighted by atomic mass is 16.1. The zero-order valence-electron chi connectivity index (χ0n) is 9.85. The second-order valence-electron chi connectivity index (χ2n) is 3.74. The van der Waals surface area contributed by atoms with Crippen molar-refractivity contribution < 1.29 is 9.59 Å². The van der Waals surface area contributed by atoms with Crippen molar-refractivity contribution in [3.8, 4) is 12.1 Å². The molecular formula is C14H12N2O2. The summed E-state index contributed by atoms with van der Waals surface area (Å²) in [5.74, 6) is -0.208. The van der Waals surface area contributed by atoms with E-state index in [1.165, 1.54) is 0 Å². The van der Waals surface area contributed by atoms with E-state index in [2.05, 4.69) is 0 Å². The number of benzene rings is 1. The number of carbonyl (C=O) groups excluding carboxylic acids is 2. The highest BCUT2D eigenvalue weighted by molar-refractivity contribution is 5.99. The Morgan fingerprint density at radius 3 is 1.44 bits per heavy atom. The number of nitriles is 2. The summed E-state index contributed by atoms with van der Waals surface area (Å²) in [4.78, 5) is 23.2. The fraction of sp³-hybridized carbons (Fsp3) is 0.286. The maximum Gasteiger partial charge on any atom is 0.163 e. The van der Waals surface area contributed by atoms with Gasteiger partial charge < -0.3 is 0 Å². The summed E-state index contributed by atoms with van der Waals surface area (Å²) in [6.07, 6.45) is 0.778. The Morgan fingerprint density at radius 1 is 0.833 bits per heavy atom. The standard InChI is InChI=1S/C14H12N2O2/c15-9-1-3-13(17)11-5-7-12(8-6-11)14(18)4-2-10-16/h5-8H,1-4H2. The van der Waals surface area contributed by atoms with E-state index in [1.54, 1.807) is 24.3 Å². The molecule has 0 amide bonds. The van der Waals surface area contributed by atoms with E-state index >= 15 is 0 Å². The smallest absolute Gasteiger partial charge is 0.163 e. The lowest BCUT2D eigenvalue weighted by molar-refractivity contribution is 0.0972. The zero-order valence-corrected chi connectivity index (χ0v) is 9.85. The molecule has 0 aliphatic rings. The van der Waals surface area contributed by atoms with Crippen molar-refractivity contribution in [2.45, 2.75) is 25.7 Å². The summed E-state index contributed by atoms with van der Waals surface area (Å²) >= 11 is 0.